The van der Waals surface area contributed by atoms with Crippen LogP contribution in [0.15, 0.2) is 60.0 Å². The summed E-state index contributed by atoms with van der Waals surface area (Å²) in [6, 6.07) is 18.9. The normalized spacial score (nSPS) is 10.6. The number of aromatic nitrogens is 3. The number of benzene rings is 2. The minimum absolute atomic E-state index is 0.240. The summed E-state index contributed by atoms with van der Waals surface area (Å²) >= 11 is 7.32. The standard InChI is InChI=1S/C23H19ClN6OS/c24-16-10-8-15(9-11-16)23-28-20(14-32-23)22(31)27-12-4-7-19-18(13-25)21(26)30(29-19)17-5-2-1-3-6-17/h1-3,5-6,8-11,14H,4,7,12,26H2,(H,27,31). The van der Waals surface area contributed by atoms with Crippen LogP contribution in [0.2, 0.25) is 5.02 Å². The molecule has 0 unspecified atom stereocenters. The fraction of sp³-hybridized carbons (Fsp3) is 0.130. The van der Waals surface area contributed by atoms with E-state index in [1.807, 2.05) is 42.5 Å². The molecule has 0 aliphatic heterocycles. The Morgan fingerprint density at radius 1 is 1.19 bits per heavy atom. The summed E-state index contributed by atoms with van der Waals surface area (Å²) in [4.78, 5) is 16.9. The van der Waals surface area contributed by atoms with Crippen LogP contribution in [-0.4, -0.2) is 27.2 Å². The van der Waals surface area contributed by atoms with Crippen molar-refractivity contribution in [3.63, 3.8) is 0 Å². The molecule has 4 rings (SSSR count). The minimum atomic E-state index is -0.240. The highest BCUT2D eigenvalue weighted by atomic mass is 35.5. The molecule has 32 heavy (non-hydrogen) atoms. The van der Waals surface area contributed by atoms with Gasteiger partial charge in [0, 0.05) is 22.5 Å². The number of carbonyl (C=O) groups excluding carboxylic acids is 1. The second-order valence-corrected chi connectivity index (χ2v) is 8.26. The van der Waals surface area contributed by atoms with Crippen LogP contribution in [0.4, 0.5) is 5.82 Å². The third-order valence-corrected chi connectivity index (χ3v) is 5.95. The first kappa shape index (κ1) is 21.6. The number of aryl methyl sites for hydroxylation is 1. The van der Waals surface area contributed by atoms with Crippen molar-refractivity contribution < 1.29 is 4.79 Å². The molecule has 7 nitrogen and oxygen atoms in total. The number of nitrogen functional groups attached to an aromatic ring is 1. The number of rotatable bonds is 7. The Balaban J connectivity index is 1.35. The number of para-hydroxylation sites is 1. The van der Waals surface area contributed by atoms with Gasteiger partial charge in [0.25, 0.3) is 5.91 Å². The number of hydrogen-bond acceptors (Lipinski definition) is 6. The van der Waals surface area contributed by atoms with Crippen LogP contribution in [0.5, 0.6) is 0 Å². The zero-order chi connectivity index (χ0) is 22.5. The molecule has 0 saturated heterocycles. The highest BCUT2D eigenvalue weighted by Crippen LogP contribution is 2.25. The van der Waals surface area contributed by atoms with E-state index < -0.39 is 0 Å². The van der Waals surface area contributed by atoms with Gasteiger partial charge in [-0.3, -0.25) is 4.79 Å². The summed E-state index contributed by atoms with van der Waals surface area (Å²) in [5, 5.41) is 20.0. The van der Waals surface area contributed by atoms with E-state index in [1.54, 1.807) is 22.2 Å². The monoisotopic (exact) mass is 462 g/mol. The van der Waals surface area contributed by atoms with E-state index in [9.17, 15) is 10.1 Å². The molecular weight excluding hydrogens is 444 g/mol. The quantitative estimate of drug-likeness (QED) is 0.394. The van der Waals surface area contributed by atoms with E-state index in [1.165, 1.54) is 11.3 Å². The van der Waals surface area contributed by atoms with Gasteiger partial charge in [-0.2, -0.15) is 10.4 Å². The van der Waals surface area contributed by atoms with Crippen molar-refractivity contribution in [1.29, 1.82) is 5.26 Å². The third kappa shape index (κ3) is 4.64. The Morgan fingerprint density at radius 2 is 1.94 bits per heavy atom. The van der Waals surface area contributed by atoms with Crippen molar-refractivity contribution in [2.75, 3.05) is 12.3 Å². The van der Waals surface area contributed by atoms with Crippen LogP contribution in [0.3, 0.4) is 0 Å². The molecule has 3 N–H and O–H groups in total. The molecular formula is C23H19ClN6OS. The largest absolute Gasteiger partial charge is 0.382 e. The average Bonchev–Trinajstić information content (AvgIpc) is 3.42. The first-order valence-corrected chi connectivity index (χ1v) is 11.1. The number of nitrogens with one attached hydrogen (secondary N) is 1. The lowest BCUT2D eigenvalue weighted by atomic mass is 10.1. The number of amides is 1. The number of nitrogens with two attached hydrogens (primary N) is 1. The molecule has 0 aliphatic carbocycles. The molecule has 0 aliphatic rings. The van der Waals surface area contributed by atoms with Gasteiger partial charge in [-0.25, -0.2) is 9.67 Å². The Morgan fingerprint density at radius 3 is 2.66 bits per heavy atom. The SMILES string of the molecule is N#Cc1c(CCCNC(=O)c2csc(-c3ccc(Cl)cc3)n2)nn(-c2ccccc2)c1N. The van der Waals surface area contributed by atoms with Gasteiger partial charge >= 0.3 is 0 Å². The molecule has 0 fully saturated rings. The molecule has 0 bridgehead atoms. The second-order valence-electron chi connectivity index (χ2n) is 6.97. The predicted molar refractivity (Wildman–Crippen MR) is 126 cm³/mol. The smallest absolute Gasteiger partial charge is 0.270 e. The Hall–Kier alpha value is -3.67. The highest BCUT2D eigenvalue weighted by Gasteiger charge is 2.17. The van der Waals surface area contributed by atoms with Crippen molar-refractivity contribution in [1.82, 2.24) is 20.1 Å². The molecule has 0 atom stereocenters. The Kier molecular flexibility index (Phi) is 6.50. The lowest BCUT2D eigenvalue weighted by Gasteiger charge is -2.03. The summed E-state index contributed by atoms with van der Waals surface area (Å²) < 4.78 is 1.57. The van der Waals surface area contributed by atoms with Crippen molar-refractivity contribution in [2.24, 2.45) is 0 Å². The number of hydrogen-bond donors (Lipinski definition) is 2. The van der Waals surface area contributed by atoms with Gasteiger partial charge in [-0.05, 0) is 37.1 Å². The van der Waals surface area contributed by atoms with Gasteiger partial charge < -0.3 is 11.1 Å². The van der Waals surface area contributed by atoms with Crippen molar-refractivity contribution in [3.05, 3.63) is 82.0 Å². The number of anilines is 1. The Labute approximate surface area is 194 Å². The van der Waals surface area contributed by atoms with Gasteiger partial charge in [-0.15, -0.1) is 11.3 Å². The molecule has 160 valence electrons. The molecule has 0 saturated carbocycles. The zero-order valence-electron chi connectivity index (χ0n) is 17.0. The molecule has 0 spiro atoms. The maximum atomic E-state index is 12.4. The van der Waals surface area contributed by atoms with Crippen molar-refractivity contribution in [2.45, 2.75) is 12.8 Å². The van der Waals surface area contributed by atoms with Crippen LogP contribution < -0.4 is 11.1 Å². The number of nitrogens with zero attached hydrogens (tertiary/aromatic N) is 4. The lowest BCUT2D eigenvalue weighted by Crippen LogP contribution is -2.25. The lowest BCUT2D eigenvalue weighted by molar-refractivity contribution is 0.0949. The van der Waals surface area contributed by atoms with Gasteiger partial charge in [0.2, 0.25) is 0 Å². The number of halogens is 1. The van der Waals surface area contributed by atoms with E-state index in [4.69, 9.17) is 17.3 Å². The fourth-order valence-corrected chi connectivity index (χ4v) is 4.12. The molecule has 2 aromatic heterocycles. The summed E-state index contributed by atoms with van der Waals surface area (Å²) in [5.41, 5.74) is 9.18. The van der Waals surface area contributed by atoms with Gasteiger partial charge in [0.05, 0.1) is 11.4 Å². The van der Waals surface area contributed by atoms with Crippen LogP contribution in [0.1, 0.15) is 28.2 Å². The second kappa shape index (κ2) is 9.64. The number of nitriles is 1. The number of thiazole rings is 1. The van der Waals surface area contributed by atoms with Crippen LogP contribution in [0.25, 0.3) is 16.3 Å². The first-order valence-electron chi connectivity index (χ1n) is 9.89. The van der Waals surface area contributed by atoms with E-state index in [0.717, 1.165) is 16.3 Å². The maximum Gasteiger partial charge on any atom is 0.270 e. The highest BCUT2D eigenvalue weighted by molar-refractivity contribution is 7.13. The predicted octanol–water partition coefficient (Wildman–Crippen LogP) is 4.47. The molecule has 1 amide bonds. The molecule has 9 heteroatoms. The zero-order valence-corrected chi connectivity index (χ0v) is 18.5. The minimum Gasteiger partial charge on any atom is -0.382 e. The van der Waals surface area contributed by atoms with Crippen LogP contribution >= 0.6 is 22.9 Å². The maximum absolute atomic E-state index is 12.4. The van der Waals surface area contributed by atoms with E-state index in [2.05, 4.69) is 21.5 Å². The summed E-state index contributed by atoms with van der Waals surface area (Å²) in [7, 11) is 0. The molecule has 0 radical (unpaired) electrons. The van der Waals surface area contributed by atoms with E-state index in [0.29, 0.717) is 47.2 Å². The van der Waals surface area contributed by atoms with Crippen molar-refractivity contribution in [3.8, 4) is 22.3 Å². The van der Waals surface area contributed by atoms with Crippen LogP contribution in [0, 0.1) is 11.3 Å². The molecule has 2 heterocycles. The first-order chi connectivity index (χ1) is 15.6. The summed E-state index contributed by atoms with van der Waals surface area (Å²) in [5.74, 6) is 0.0752. The summed E-state index contributed by atoms with van der Waals surface area (Å²) in [6.45, 7) is 0.426. The Bertz CT molecular complexity index is 1270. The van der Waals surface area contributed by atoms with Gasteiger partial charge in [0.15, 0.2) is 0 Å². The van der Waals surface area contributed by atoms with Crippen molar-refractivity contribution >= 4 is 34.7 Å². The molecule has 2 aromatic carbocycles. The van der Waals surface area contributed by atoms with E-state index >= 15 is 0 Å². The number of carbonyl (C=O) groups is 1. The fourth-order valence-electron chi connectivity index (χ4n) is 3.19. The van der Waals surface area contributed by atoms with E-state index in [-0.39, 0.29) is 5.91 Å². The van der Waals surface area contributed by atoms with Crippen LogP contribution in [-0.2, 0) is 6.42 Å². The third-order valence-electron chi connectivity index (χ3n) is 4.81. The topological polar surface area (TPSA) is 110 Å². The molecule has 4 aromatic rings. The van der Waals surface area contributed by atoms with Gasteiger partial charge in [-0.1, -0.05) is 41.9 Å². The average molecular weight is 463 g/mol. The van der Waals surface area contributed by atoms with Gasteiger partial charge in [0.1, 0.15) is 28.2 Å². The summed E-state index contributed by atoms with van der Waals surface area (Å²) in [6.07, 6.45) is 1.13.